The first-order chi connectivity index (χ1) is 14.6. The average Bonchev–Trinajstić information content (AvgIpc) is 2.74. The zero-order chi connectivity index (χ0) is 21.6. The summed E-state index contributed by atoms with van der Waals surface area (Å²) in [6, 6.07) is 14.3. The molecule has 4 heteroatoms. The highest BCUT2D eigenvalue weighted by Crippen LogP contribution is 2.24. The van der Waals surface area contributed by atoms with Crippen molar-refractivity contribution in [2.24, 2.45) is 0 Å². The summed E-state index contributed by atoms with van der Waals surface area (Å²) in [4.78, 5) is 2.62. The Bertz CT molecular complexity index is 727. The Labute approximate surface area is 188 Å². The van der Waals surface area contributed by atoms with Crippen LogP contribution in [0.2, 0.25) is 5.02 Å². The summed E-state index contributed by atoms with van der Waals surface area (Å²) in [7, 11) is 0. The third-order valence-electron chi connectivity index (χ3n) is 5.30. The van der Waals surface area contributed by atoms with E-state index in [2.05, 4.69) is 55.3 Å². The summed E-state index contributed by atoms with van der Waals surface area (Å²) in [5, 5.41) is 4.33. The second-order valence-electron chi connectivity index (χ2n) is 8.11. The molecular formula is C26H39ClN2O. The van der Waals surface area contributed by atoms with Crippen LogP contribution in [-0.4, -0.2) is 31.1 Å². The average molecular weight is 431 g/mol. The van der Waals surface area contributed by atoms with Crippen molar-refractivity contribution in [3.05, 3.63) is 64.2 Å². The van der Waals surface area contributed by atoms with Crippen LogP contribution in [0.4, 0.5) is 0 Å². The number of hydrogen-bond acceptors (Lipinski definition) is 3. The molecule has 0 radical (unpaired) electrons. The van der Waals surface area contributed by atoms with Gasteiger partial charge >= 0.3 is 0 Å². The fraction of sp³-hybridized carbons (Fsp3) is 0.538. The van der Waals surface area contributed by atoms with Crippen molar-refractivity contribution in [2.75, 3.05) is 26.2 Å². The molecule has 0 amide bonds. The number of benzene rings is 2. The molecule has 166 valence electrons. The Kier molecular flexibility index (Phi) is 11.9. The summed E-state index contributed by atoms with van der Waals surface area (Å²) < 4.78 is 6.11. The van der Waals surface area contributed by atoms with Crippen molar-refractivity contribution in [2.45, 2.75) is 66.0 Å². The highest BCUT2D eigenvalue weighted by molar-refractivity contribution is 6.30. The van der Waals surface area contributed by atoms with Gasteiger partial charge < -0.3 is 15.0 Å². The SMILES string of the molecule is CCCCN(CCCC)CCCNCc1cc(Cl)ccc1OCc1cccc(C)c1. The number of nitrogens with zero attached hydrogens (tertiary/aromatic N) is 1. The lowest BCUT2D eigenvalue weighted by molar-refractivity contribution is 0.260. The second kappa shape index (κ2) is 14.5. The predicted octanol–water partition coefficient (Wildman–Crippen LogP) is 6.61. The lowest BCUT2D eigenvalue weighted by atomic mass is 10.1. The van der Waals surface area contributed by atoms with Gasteiger partial charge in [0.1, 0.15) is 12.4 Å². The summed E-state index contributed by atoms with van der Waals surface area (Å²) in [6.45, 7) is 12.6. The van der Waals surface area contributed by atoms with Crippen molar-refractivity contribution < 1.29 is 4.74 Å². The van der Waals surface area contributed by atoms with E-state index in [-0.39, 0.29) is 0 Å². The van der Waals surface area contributed by atoms with Crippen LogP contribution in [-0.2, 0) is 13.2 Å². The lowest BCUT2D eigenvalue weighted by Crippen LogP contribution is -2.29. The molecule has 0 fully saturated rings. The summed E-state index contributed by atoms with van der Waals surface area (Å²) in [6.07, 6.45) is 6.28. The number of ether oxygens (including phenoxy) is 1. The molecule has 0 atom stereocenters. The van der Waals surface area contributed by atoms with E-state index in [9.17, 15) is 0 Å². The zero-order valence-electron chi connectivity index (χ0n) is 19.1. The maximum atomic E-state index is 6.24. The van der Waals surface area contributed by atoms with Gasteiger partial charge in [0.2, 0.25) is 0 Å². The molecule has 0 bridgehead atoms. The van der Waals surface area contributed by atoms with Gasteiger partial charge in [-0.05, 0) is 76.1 Å². The van der Waals surface area contributed by atoms with Crippen molar-refractivity contribution in [1.29, 1.82) is 0 Å². The maximum Gasteiger partial charge on any atom is 0.124 e. The molecule has 0 spiro atoms. The highest BCUT2D eigenvalue weighted by Gasteiger charge is 2.07. The van der Waals surface area contributed by atoms with Crippen LogP contribution < -0.4 is 10.1 Å². The molecule has 30 heavy (non-hydrogen) atoms. The standard InChI is InChI=1S/C26H39ClN2O/c1-4-6-15-29(16-7-5-2)17-9-14-28-20-24-19-25(27)12-13-26(24)30-21-23-11-8-10-22(3)18-23/h8,10-13,18-19,28H,4-7,9,14-17,20-21H2,1-3H3. The van der Waals surface area contributed by atoms with Gasteiger partial charge in [-0.25, -0.2) is 0 Å². The normalized spacial score (nSPS) is 11.2. The molecule has 0 aromatic heterocycles. The van der Waals surface area contributed by atoms with Crippen molar-refractivity contribution in [3.8, 4) is 5.75 Å². The molecule has 0 aliphatic heterocycles. The van der Waals surface area contributed by atoms with Gasteiger partial charge in [-0.3, -0.25) is 0 Å². The van der Waals surface area contributed by atoms with E-state index in [0.717, 1.165) is 35.8 Å². The fourth-order valence-electron chi connectivity index (χ4n) is 3.54. The molecule has 0 heterocycles. The molecule has 0 saturated carbocycles. The Hall–Kier alpha value is -1.55. The van der Waals surface area contributed by atoms with Crippen LogP contribution in [0.1, 0.15) is 62.6 Å². The van der Waals surface area contributed by atoms with Crippen LogP contribution in [0.3, 0.4) is 0 Å². The lowest BCUT2D eigenvalue weighted by Gasteiger charge is -2.22. The first-order valence-electron chi connectivity index (χ1n) is 11.5. The number of halogens is 1. The molecule has 2 aromatic carbocycles. The van der Waals surface area contributed by atoms with Crippen LogP contribution >= 0.6 is 11.6 Å². The summed E-state index contributed by atoms with van der Waals surface area (Å²) in [5.41, 5.74) is 3.55. The van der Waals surface area contributed by atoms with Gasteiger partial charge in [-0.1, -0.05) is 68.1 Å². The van der Waals surface area contributed by atoms with E-state index in [1.54, 1.807) is 0 Å². The third-order valence-corrected chi connectivity index (χ3v) is 5.53. The molecule has 2 rings (SSSR count). The van der Waals surface area contributed by atoms with Gasteiger partial charge in [0.05, 0.1) is 0 Å². The number of rotatable bonds is 15. The van der Waals surface area contributed by atoms with Gasteiger partial charge in [0, 0.05) is 17.1 Å². The Balaban J connectivity index is 1.80. The van der Waals surface area contributed by atoms with Crippen molar-refractivity contribution in [3.63, 3.8) is 0 Å². The number of aryl methyl sites for hydroxylation is 1. The van der Waals surface area contributed by atoms with Gasteiger partial charge in [-0.2, -0.15) is 0 Å². The zero-order valence-corrected chi connectivity index (χ0v) is 19.8. The molecular weight excluding hydrogens is 392 g/mol. The predicted molar refractivity (Wildman–Crippen MR) is 130 cm³/mol. The van der Waals surface area contributed by atoms with Crippen LogP contribution in [0.25, 0.3) is 0 Å². The topological polar surface area (TPSA) is 24.5 Å². The molecule has 0 unspecified atom stereocenters. The van der Waals surface area contributed by atoms with Crippen molar-refractivity contribution in [1.82, 2.24) is 10.2 Å². The van der Waals surface area contributed by atoms with Gasteiger partial charge in [0.25, 0.3) is 0 Å². The summed E-state index contributed by atoms with van der Waals surface area (Å²) >= 11 is 6.24. The highest BCUT2D eigenvalue weighted by atomic mass is 35.5. The van der Waals surface area contributed by atoms with Crippen molar-refractivity contribution >= 4 is 11.6 Å². The van der Waals surface area contributed by atoms with Crippen LogP contribution in [0.15, 0.2) is 42.5 Å². The smallest absolute Gasteiger partial charge is 0.124 e. The van der Waals surface area contributed by atoms with E-state index in [1.807, 2.05) is 18.2 Å². The van der Waals surface area contributed by atoms with Gasteiger partial charge in [-0.15, -0.1) is 0 Å². The van der Waals surface area contributed by atoms with Crippen LogP contribution in [0, 0.1) is 6.92 Å². The minimum Gasteiger partial charge on any atom is -0.489 e. The Morgan fingerprint density at radius 2 is 1.67 bits per heavy atom. The third kappa shape index (κ3) is 9.51. The molecule has 0 aliphatic carbocycles. The van der Waals surface area contributed by atoms with E-state index < -0.39 is 0 Å². The fourth-order valence-corrected chi connectivity index (χ4v) is 3.73. The number of hydrogen-bond donors (Lipinski definition) is 1. The Morgan fingerprint density at radius 3 is 2.37 bits per heavy atom. The number of unbranched alkanes of at least 4 members (excludes halogenated alkanes) is 2. The summed E-state index contributed by atoms with van der Waals surface area (Å²) in [5.74, 6) is 0.904. The van der Waals surface area contributed by atoms with E-state index in [4.69, 9.17) is 16.3 Å². The Morgan fingerprint density at radius 1 is 0.933 bits per heavy atom. The quantitative estimate of drug-likeness (QED) is 0.322. The van der Waals surface area contributed by atoms with Gasteiger partial charge in [0.15, 0.2) is 0 Å². The van der Waals surface area contributed by atoms with E-state index in [1.165, 1.54) is 56.4 Å². The molecule has 0 aliphatic rings. The van der Waals surface area contributed by atoms with E-state index in [0.29, 0.717) is 6.61 Å². The first-order valence-corrected chi connectivity index (χ1v) is 11.9. The largest absolute Gasteiger partial charge is 0.489 e. The van der Waals surface area contributed by atoms with Crippen LogP contribution in [0.5, 0.6) is 5.75 Å². The van der Waals surface area contributed by atoms with E-state index >= 15 is 0 Å². The maximum absolute atomic E-state index is 6.24. The molecule has 1 N–H and O–H groups in total. The minimum absolute atomic E-state index is 0.570. The molecule has 3 nitrogen and oxygen atoms in total. The molecule has 0 saturated heterocycles. The molecule has 2 aromatic rings. The monoisotopic (exact) mass is 430 g/mol. The first kappa shape index (κ1) is 24.7. The number of nitrogens with one attached hydrogen (secondary N) is 1. The minimum atomic E-state index is 0.570. The second-order valence-corrected chi connectivity index (χ2v) is 8.55.